The first kappa shape index (κ1) is 22.1. The number of carbonyl (C=O) groups is 1. The largest absolute Gasteiger partial charge is 0.312 e. The highest BCUT2D eigenvalue weighted by Gasteiger charge is 2.22. The average molecular weight is 476 g/mol. The molecule has 8 nitrogen and oxygen atoms in total. The van der Waals surface area contributed by atoms with Crippen molar-refractivity contribution in [3.63, 3.8) is 0 Å². The van der Waals surface area contributed by atoms with Crippen LogP contribution in [0, 0.1) is 20.8 Å². The molecule has 1 N–H and O–H groups in total. The molecule has 34 heavy (non-hydrogen) atoms. The van der Waals surface area contributed by atoms with E-state index in [-0.39, 0.29) is 10.8 Å². The van der Waals surface area contributed by atoms with Crippen molar-refractivity contribution >= 4 is 38.3 Å². The van der Waals surface area contributed by atoms with E-state index in [1.807, 2.05) is 39.0 Å². The van der Waals surface area contributed by atoms with Crippen molar-refractivity contribution in [1.82, 2.24) is 14.8 Å². The number of rotatable bonds is 5. The van der Waals surface area contributed by atoms with E-state index < -0.39 is 10.0 Å². The summed E-state index contributed by atoms with van der Waals surface area (Å²) in [5, 5.41) is 5.67. The zero-order chi connectivity index (χ0) is 24.0. The van der Waals surface area contributed by atoms with Crippen LogP contribution >= 0.6 is 0 Å². The number of hydrogen-bond donors (Lipinski definition) is 1. The third-order valence-electron chi connectivity index (χ3n) is 6.03. The zero-order valence-corrected chi connectivity index (χ0v) is 20.1. The average Bonchev–Trinajstić information content (AvgIpc) is 3.37. The molecule has 1 saturated heterocycles. The molecule has 4 aromatic rings. The fourth-order valence-corrected chi connectivity index (χ4v) is 5.51. The Bertz CT molecular complexity index is 1510. The van der Waals surface area contributed by atoms with Gasteiger partial charge in [-0.3, -0.25) is 9.52 Å². The molecule has 0 atom stereocenters. The van der Waals surface area contributed by atoms with Gasteiger partial charge in [0.15, 0.2) is 5.65 Å². The quantitative estimate of drug-likeness (QED) is 0.465. The third-order valence-corrected chi connectivity index (χ3v) is 7.43. The first-order chi connectivity index (χ1) is 16.2. The van der Waals surface area contributed by atoms with Gasteiger partial charge in [-0.1, -0.05) is 0 Å². The molecule has 174 valence electrons. The summed E-state index contributed by atoms with van der Waals surface area (Å²) in [4.78, 5) is 18.4. The van der Waals surface area contributed by atoms with Gasteiger partial charge in [0.2, 0.25) is 5.91 Å². The van der Waals surface area contributed by atoms with Crippen LogP contribution in [0.3, 0.4) is 0 Å². The predicted molar refractivity (Wildman–Crippen MR) is 132 cm³/mol. The number of nitrogens with zero attached hydrogens (tertiary/aromatic N) is 4. The molecule has 0 aliphatic carbocycles. The smallest absolute Gasteiger partial charge is 0.261 e. The normalized spacial score (nSPS) is 14.2. The van der Waals surface area contributed by atoms with Crippen molar-refractivity contribution in [1.29, 1.82) is 0 Å². The summed E-state index contributed by atoms with van der Waals surface area (Å²) in [7, 11) is -3.77. The Balaban J connectivity index is 1.38. The van der Waals surface area contributed by atoms with E-state index in [1.165, 1.54) is 12.1 Å². The molecule has 9 heteroatoms. The molecule has 2 aromatic carbocycles. The molecular formula is C25H25N5O3S. The second-order valence-corrected chi connectivity index (χ2v) is 10.3. The molecule has 0 unspecified atom stereocenters. The zero-order valence-electron chi connectivity index (χ0n) is 19.2. The van der Waals surface area contributed by atoms with Gasteiger partial charge >= 0.3 is 0 Å². The van der Waals surface area contributed by atoms with E-state index in [0.717, 1.165) is 40.1 Å². The molecule has 1 fully saturated rings. The van der Waals surface area contributed by atoms with Crippen LogP contribution in [0.4, 0.5) is 11.4 Å². The number of fused-ring (bicyclic) bond motifs is 1. The number of aromatic nitrogens is 3. The van der Waals surface area contributed by atoms with Crippen LogP contribution in [0.25, 0.3) is 16.7 Å². The number of benzene rings is 2. The number of anilines is 2. The van der Waals surface area contributed by atoms with Crippen LogP contribution in [-0.4, -0.2) is 35.6 Å². The molecule has 1 amide bonds. The van der Waals surface area contributed by atoms with E-state index in [1.54, 1.807) is 33.8 Å². The summed E-state index contributed by atoms with van der Waals surface area (Å²) >= 11 is 0. The van der Waals surface area contributed by atoms with Crippen LogP contribution < -0.4 is 9.62 Å². The van der Waals surface area contributed by atoms with Gasteiger partial charge in [0, 0.05) is 35.4 Å². The Labute approximate surface area is 198 Å². The topological polar surface area (TPSA) is 97.2 Å². The van der Waals surface area contributed by atoms with Gasteiger partial charge in [-0.25, -0.2) is 18.1 Å². The summed E-state index contributed by atoms with van der Waals surface area (Å²) in [6, 6.07) is 15.4. The summed E-state index contributed by atoms with van der Waals surface area (Å²) in [6.07, 6.45) is 1.35. The Kier molecular flexibility index (Phi) is 5.36. The van der Waals surface area contributed by atoms with Crippen molar-refractivity contribution in [3.8, 4) is 5.69 Å². The number of aryl methyl sites for hydroxylation is 3. The van der Waals surface area contributed by atoms with E-state index in [0.29, 0.717) is 24.3 Å². The molecule has 1 aliphatic heterocycles. The second kappa shape index (κ2) is 8.25. The Morgan fingerprint density at radius 1 is 0.941 bits per heavy atom. The Hall–Kier alpha value is -3.72. The van der Waals surface area contributed by atoms with Gasteiger partial charge in [0.25, 0.3) is 10.0 Å². The Morgan fingerprint density at radius 2 is 1.62 bits per heavy atom. The van der Waals surface area contributed by atoms with Gasteiger partial charge in [-0.15, -0.1) is 0 Å². The molecule has 0 radical (unpaired) electrons. The third kappa shape index (κ3) is 3.92. The SMILES string of the molecule is Cc1cc(C)c2c(C)nn(-c3ccc(NS(=O)(=O)c4ccc(N5CCCC5=O)cc4)cc3)c2n1. The van der Waals surface area contributed by atoms with E-state index in [4.69, 9.17) is 0 Å². The lowest BCUT2D eigenvalue weighted by atomic mass is 10.1. The van der Waals surface area contributed by atoms with Crippen LogP contribution in [0.15, 0.2) is 59.5 Å². The maximum atomic E-state index is 12.9. The first-order valence-electron chi connectivity index (χ1n) is 11.1. The first-order valence-corrected chi connectivity index (χ1v) is 12.6. The predicted octanol–water partition coefficient (Wildman–Crippen LogP) is 4.27. The van der Waals surface area contributed by atoms with Gasteiger partial charge in [-0.05, 0) is 87.4 Å². The molecule has 0 saturated carbocycles. The number of sulfonamides is 1. The minimum atomic E-state index is -3.77. The second-order valence-electron chi connectivity index (χ2n) is 8.57. The monoisotopic (exact) mass is 475 g/mol. The van der Waals surface area contributed by atoms with Crippen molar-refractivity contribution in [2.24, 2.45) is 0 Å². The maximum absolute atomic E-state index is 12.9. The molecule has 0 bridgehead atoms. The molecule has 1 aliphatic rings. The fraction of sp³-hybridized carbons (Fsp3) is 0.240. The minimum absolute atomic E-state index is 0.0643. The van der Waals surface area contributed by atoms with Crippen LogP contribution in [0.1, 0.15) is 29.8 Å². The number of nitrogens with one attached hydrogen (secondary N) is 1. The highest BCUT2D eigenvalue weighted by Crippen LogP contribution is 2.26. The number of hydrogen-bond acceptors (Lipinski definition) is 5. The maximum Gasteiger partial charge on any atom is 0.261 e. The van der Waals surface area contributed by atoms with Crippen molar-refractivity contribution < 1.29 is 13.2 Å². The molecule has 0 spiro atoms. The molecule has 3 heterocycles. The number of carbonyl (C=O) groups excluding carboxylic acids is 1. The highest BCUT2D eigenvalue weighted by molar-refractivity contribution is 7.92. The lowest BCUT2D eigenvalue weighted by molar-refractivity contribution is -0.117. The Morgan fingerprint density at radius 3 is 2.26 bits per heavy atom. The standard InChI is InChI=1S/C25H25N5O3S/c1-16-15-17(2)26-25-24(16)18(3)27-30(25)21-8-6-19(7-9-21)28-34(32,33)22-12-10-20(11-13-22)29-14-4-5-23(29)31/h6-13,15,28H,4-5,14H2,1-3H3. The lowest BCUT2D eigenvalue weighted by Gasteiger charge is -2.16. The molecule has 2 aromatic heterocycles. The van der Waals surface area contributed by atoms with Crippen molar-refractivity contribution in [2.45, 2.75) is 38.5 Å². The van der Waals surface area contributed by atoms with Gasteiger partial charge in [0.05, 0.1) is 16.3 Å². The van der Waals surface area contributed by atoms with Gasteiger partial charge in [-0.2, -0.15) is 5.10 Å². The van der Waals surface area contributed by atoms with Crippen LogP contribution in [0.2, 0.25) is 0 Å². The highest BCUT2D eigenvalue weighted by atomic mass is 32.2. The lowest BCUT2D eigenvalue weighted by Crippen LogP contribution is -2.23. The van der Waals surface area contributed by atoms with E-state index in [9.17, 15) is 13.2 Å². The summed E-state index contributed by atoms with van der Waals surface area (Å²) < 4.78 is 30.2. The van der Waals surface area contributed by atoms with Crippen LogP contribution in [0.5, 0.6) is 0 Å². The van der Waals surface area contributed by atoms with Crippen LogP contribution in [-0.2, 0) is 14.8 Å². The van der Waals surface area contributed by atoms with Gasteiger partial charge < -0.3 is 4.90 Å². The van der Waals surface area contributed by atoms with E-state index in [2.05, 4.69) is 14.8 Å². The van der Waals surface area contributed by atoms with E-state index >= 15 is 0 Å². The summed E-state index contributed by atoms with van der Waals surface area (Å²) in [5.74, 6) is 0.0643. The minimum Gasteiger partial charge on any atom is -0.312 e. The summed E-state index contributed by atoms with van der Waals surface area (Å²) in [6.45, 7) is 6.61. The van der Waals surface area contributed by atoms with Gasteiger partial charge in [0.1, 0.15) is 0 Å². The fourth-order valence-electron chi connectivity index (χ4n) is 4.46. The molecule has 5 rings (SSSR count). The molecular weight excluding hydrogens is 450 g/mol. The number of pyridine rings is 1. The number of amides is 1. The van der Waals surface area contributed by atoms with Crippen molar-refractivity contribution in [3.05, 3.63) is 71.5 Å². The van der Waals surface area contributed by atoms with Crippen molar-refractivity contribution in [2.75, 3.05) is 16.2 Å². The summed E-state index contributed by atoms with van der Waals surface area (Å²) in [5.41, 5.74) is 5.65.